The number of pyridine rings is 1. The number of hydrogen-bond acceptors (Lipinski definition) is 4. The van der Waals surface area contributed by atoms with E-state index in [0.717, 1.165) is 30.0 Å². The number of aromatic nitrogens is 1. The minimum Gasteiger partial charge on any atom is -0.381 e. The summed E-state index contributed by atoms with van der Waals surface area (Å²) in [5, 5.41) is 2.94. The van der Waals surface area contributed by atoms with Crippen LogP contribution in [-0.4, -0.2) is 31.2 Å². The lowest BCUT2D eigenvalue weighted by atomic mass is 9.99. The summed E-state index contributed by atoms with van der Waals surface area (Å²) >= 11 is 0. The minimum atomic E-state index is 0.0374. The predicted octanol–water partition coefficient (Wildman–Crippen LogP) is 3.21. The summed E-state index contributed by atoms with van der Waals surface area (Å²) in [5.74, 6) is 0.926. The number of para-hydroxylation sites is 1. The molecule has 3 rings (SSSR count). The first kappa shape index (κ1) is 15.5. The third-order valence-corrected chi connectivity index (χ3v) is 4.09. The maximum absolute atomic E-state index is 12.2. The first-order valence-corrected chi connectivity index (χ1v) is 7.87. The van der Waals surface area contributed by atoms with E-state index in [-0.39, 0.29) is 11.8 Å². The highest BCUT2D eigenvalue weighted by atomic mass is 16.5. The summed E-state index contributed by atoms with van der Waals surface area (Å²) in [6.07, 6.45) is 3.27. The summed E-state index contributed by atoms with van der Waals surface area (Å²) in [6, 6.07) is 13.8. The van der Waals surface area contributed by atoms with Crippen LogP contribution in [0, 0.1) is 5.92 Å². The van der Waals surface area contributed by atoms with Crippen molar-refractivity contribution in [2.75, 3.05) is 30.5 Å². The van der Waals surface area contributed by atoms with Crippen molar-refractivity contribution >= 4 is 23.1 Å². The highest BCUT2D eigenvalue weighted by molar-refractivity contribution is 5.92. The molecule has 5 nitrogen and oxygen atoms in total. The summed E-state index contributed by atoms with van der Waals surface area (Å²) in [7, 11) is 1.97. The lowest BCUT2D eigenvalue weighted by molar-refractivity contribution is -0.122. The minimum absolute atomic E-state index is 0.0374. The monoisotopic (exact) mass is 311 g/mol. The number of benzene rings is 1. The molecular weight excluding hydrogens is 290 g/mol. The second-order valence-corrected chi connectivity index (χ2v) is 5.68. The van der Waals surface area contributed by atoms with Crippen molar-refractivity contribution in [3.8, 4) is 0 Å². The molecule has 1 saturated heterocycles. The lowest BCUT2D eigenvalue weighted by Crippen LogP contribution is -2.28. The number of nitrogens with zero attached hydrogens (tertiary/aromatic N) is 2. The van der Waals surface area contributed by atoms with Crippen LogP contribution in [0.25, 0.3) is 0 Å². The van der Waals surface area contributed by atoms with E-state index in [1.807, 2.05) is 54.4 Å². The molecule has 1 aliphatic heterocycles. The van der Waals surface area contributed by atoms with E-state index >= 15 is 0 Å². The van der Waals surface area contributed by atoms with Gasteiger partial charge in [0.15, 0.2) is 0 Å². The number of amides is 1. The molecule has 2 aromatic rings. The van der Waals surface area contributed by atoms with Crippen molar-refractivity contribution in [1.29, 1.82) is 0 Å². The number of rotatable bonds is 4. The second-order valence-electron chi connectivity index (χ2n) is 5.68. The first-order chi connectivity index (χ1) is 11.2. The maximum atomic E-state index is 12.2. The SMILES string of the molecule is CN(c1ccccc1)c1ccc(NC(=O)C2CCOCC2)cn1. The van der Waals surface area contributed by atoms with E-state index in [1.165, 1.54) is 0 Å². The van der Waals surface area contributed by atoms with E-state index in [9.17, 15) is 4.79 Å². The highest BCUT2D eigenvalue weighted by Gasteiger charge is 2.21. The topological polar surface area (TPSA) is 54.5 Å². The van der Waals surface area contributed by atoms with Gasteiger partial charge < -0.3 is 15.0 Å². The molecule has 0 aliphatic carbocycles. The van der Waals surface area contributed by atoms with Gasteiger partial charge in [0.2, 0.25) is 5.91 Å². The highest BCUT2D eigenvalue weighted by Crippen LogP contribution is 2.23. The van der Waals surface area contributed by atoms with Crippen LogP contribution in [0.3, 0.4) is 0 Å². The molecule has 5 heteroatoms. The molecule has 0 atom stereocenters. The Labute approximate surface area is 136 Å². The Morgan fingerprint density at radius 3 is 2.57 bits per heavy atom. The maximum Gasteiger partial charge on any atom is 0.227 e. The largest absolute Gasteiger partial charge is 0.381 e. The van der Waals surface area contributed by atoms with Crippen LogP contribution in [0.1, 0.15) is 12.8 Å². The van der Waals surface area contributed by atoms with Crippen molar-refractivity contribution in [2.24, 2.45) is 5.92 Å². The van der Waals surface area contributed by atoms with Gasteiger partial charge in [0, 0.05) is 31.9 Å². The van der Waals surface area contributed by atoms with Crippen LogP contribution >= 0.6 is 0 Å². The predicted molar refractivity (Wildman–Crippen MR) is 90.9 cm³/mol. The molecule has 1 amide bonds. The average Bonchev–Trinajstić information content (AvgIpc) is 2.63. The Balaban J connectivity index is 1.64. The Bertz CT molecular complexity index is 637. The molecule has 1 aromatic heterocycles. The second kappa shape index (κ2) is 7.24. The first-order valence-electron chi connectivity index (χ1n) is 7.87. The normalized spacial score (nSPS) is 15.2. The van der Waals surface area contributed by atoms with E-state index in [4.69, 9.17) is 4.74 Å². The van der Waals surface area contributed by atoms with Gasteiger partial charge in [-0.2, -0.15) is 0 Å². The van der Waals surface area contributed by atoms with Crippen LogP contribution in [-0.2, 0) is 9.53 Å². The molecule has 1 aliphatic rings. The van der Waals surface area contributed by atoms with Gasteiger partial charge in [-0.3, -0.25) is 4.79 Å². The molecule has 23 heavy (non-hydrogen) atoms. The lowest BCUT2D eigenvalue weighted by Gasteiger charge is -2.21. The van der Waals surface area contributed by atoms with Crippen molar-refractivity contribution < 1.29 is 9.53 Å². The van der Waals surface area contributed by atoms with Gasteiger partial charge in [-0.1, -0.05) is 18.2 Å². The zero-order chi connectivity index (χ0) is 16.1. The number of hydrogen-bond donors (Lipinski definition) is 1. The molecule has 0 spiro atoms. The van der Waals surface area contributed by atoms with Gasteiger partial charge in [0.1, 0.15) is 5.82 Å². The number of nitrogens with one attached hydrogen (secondary N) is 1. The fourth-order valence-electron chi connectivity index (χ4n) is 2.65. The van der Waals surface area contributed by atoms with Crippen molar-refractivity contribution in [3.63, 3.8) is 0 Å². The molecule has 0 bridgehead atoms. The number of carbonyl (C=O) groups excluding carboxylic acids is 1. The van der Waals surface area contributed by atoms with E-state index in [2.05, 4.69) is 10.3 Å². The summed E-state index contributed by atoms with van der Waals surface area (Å²) in [5.41, 5.74) is 1.80. The van der Waals surface area contributed by atoms with E-state index in [1.54, 1.807) is 6.20 Å². The number of ether oxygens (including phenoxy) is 1. The standard InChI is InChI=1S/C18H21N3O2/c1-21(16-5-3-2-4-6-16)17-8-7-15(13-19-17)20-18(22)14-9-11-23-12-10-14/h2-8,13-14H,9-12H2,1H3,(H,20,22). The Hall–Kier alpha value is -2.40. The third kappa shape index (κ3) is 3.87. The summed E-state index contributed by atoms with van der Waals surface area (Å²) in [4.78, 5) is 18.6. The van der Waals surface area contributed by atoms with E-state index < -0.39 is 0 Å². The van der Waals surface area contributed by atoms with Crippen LogP contribution in [0.4, 0.5) is 17.2 Å². The van der Waals surface area contributed by atoms with Crippen LogP contribution in [0.5, 0.6) is 0 Å². The van der Waals surface area contributed by atoms with Gasteiger partial charge in [-0.25, -0.2) is 4.98 Å². The van der Waals surface area contributed by atoms with E-state index in [0.29, 0.717) is 13.2 Å². The molecule has 0 radical (unpaired) electrons. The van der Waals surface area contributed by atoms with Gasteiger partial charge in [-0.05, 0) is 37.1 Å². The van der Waals surface area contributed by atoms with Gasteiger partial charge in [0.25, 0.3) is 0 Å². The molecule has 0 unspecified atom stereocenters. The summed E-state index contributed by atoms with van der Waals surface area (Å²) in [6.45, 7) is 1.33. The Kier molecular flexibility index (Phi) is 4.88. The quantitative estimate of drug-likeness (QED) is 0.942. The van der Waals surface area contributed by atoms with Crippen LogP contribution in [0.2, 0.25) is 0 Å². The molecule has 1 aromatic carbocycles. The van der Waals surface area contributed by atoms with Crippen LogP contribution < -0.4 is 10.2 Å². The summed E-state index contributed by atoms with van der Waals surface area (Å²) < 4.78 is 5.29. The molecule has 2 heterocycles. The molecule has 0 saturated carbocycles. The van der Waals surface area contributed by atoms with Crippen LogP contribution in [0.15, 0.2) is 48.7 Å². The molecular formula is C18H21N3O2. The van der Waals surface area contributed by atoms with Crippen molar-refractivity contribution in [2.45, 2.75) is 12.8 Å². The molecule has 1 N–H and O–H groups in total. The van der Waals surface area contributed by atoms with Gasteiger partial charge >= 0.3 is 0 Å². The Morgan fingerprint density at radius 1 is 1.17 bits per heavy atom. The molecule has 120 valence electrons. The van der Waals surface area contributed by atoms with Crippen molar-refractivity contribution in [1.82, 2.24) is 4.98 Å². The van der Waals surface area contributed by atoms with Gasteiger partial charge in [-0.15, -0.1) is 0 Å². The smallest absolute Gasteiger partial charge is 0.227 e. The zero-order valence-corrected chi connectivity index (χ0v) is 13.2. The fourth-order valence-corrected chi connectivity index (χ4v) is 2.65. The Morgan fingerprint density at radius 2 is 1.91 bits per heavy atom. The zero-order valence-electron chi connectivity index (χ0n) is 13.2. The van der Waals surface area contributed by atoms with Gasteiger partial charge in [0.05, 0.1) is 11.9 Å². The average molecular weight is 311 g/mol. The molecule has 1 fully saturated rings. The van der Waals surface area contributed by atoms with Crippen molar-refractivity contribution in [3.05, 3.63) is 48.7 Å². The fraction of sp³-hybridized carbons (Fsp3) is 0.333. The third-order valence-electron chi connectivity index (χ3n) is 4.09. The number of anilines is 3. The number of carbonyl (C=O) groups is 1.